The number of aliphatic carboxylic acids is 1. The predicted molar refractivity (Wildman–Crippen MR) is 71.4 cm³/mol. The predicted octanol–water partition coefficient (Wildman–Crippen LogP) is 3.44. The molecule has 1 atom stereocenters. The van der Waals surface area contributed by atoms with Crippen LogP contribution >= 0.6 is 0 Å². The van der Waals surface area contributed by atoms with Crippen LogP contribution in [-0.2, 0) is 4.79 Å². The van der Waals surface area contributed by atoms with Crippen LogP contribution in [0.15, 0.2) is 46.9 Å². The van der Waals surface area contributed by atoms with E-state index in [9.17, 15) is 4.79 Å². The minimum absolute atomic E-state index is 0.522. The highest BCUT2D eigenvalue weighted by atomic mass is 16.5. The first-order valence-electron chi connectivity index (χ1n) is 5.96. The second-order valence-corrected chi connectivity index (χ2v) is 4.35. The van der Waals surface area contributed by atoms with Crippen molar-refractivity contribution in [3.05, 3.63) is 42.5 Å². The van der Waals surface area contributed by atoms with E-state index >= 15 is 0 Å². The van der Waals surface area contributed by atoms with Crippen molar-refractivity contribution in [3.63, 3.8) is 0 Å². The van der Waals surface area contributed by atoms with Gasteiger partial charge in [0.15, 0.2) is 6.10 Å². The molecule has 4 heteroatoms. The fourth-order valence-electron chi connectivity index (χ4n) is 2.03. The molecule has 19 heavy (non-hydrogen) atoms. The molecule has 3 rings (SSSR count). The first-order chi connectivity index (χ1) is 9.15. The number of carboxylic acid groups (broad SMARTS) is 1. The first kappa shape index (κ1) is 11.6. The van der Waals surface area contributed by atoms with Crippen LogP contribution in [0, 0.1) is 0 Å². The molecule has 0 saturated heterocycles. The summed E-state index contributed by atoms with van der Waals surface area (Å²) in [6.07, 6.45) is -0.879. The van der Waals surface area contributed by atoms with Gasteiger partial charge in [-0.05, 0) is 31.2 Å². The van der Waals surface area contributed by atoms with E-state index in [1.807, 2.05) is 24.3 Å². The SMILES string of the molecule is C[C@H](Oc1ccc2oc3ccccc3c2c1)C(=O)O. The minimum atomic E-state index is -0.989. The van der Waals surface area contributed by atoms with Crippen molar-refractivity contribution in [2.24, 2.45) is 0 Å². The van der Waals surface area contributed by atoms with Gasteiger partial charge in [0.25, 0.3) is 0 Å². The van der Waals surface area contributed by atoms with Crippen LogP contribution in [0.3, 0.4) is 0 Å². The lowest BCUT2D eigenvalue weighted by Crippen LogP contribution is -2.22. The molecule has 0 aliphatic rings. The maximum Gasteiger partial charge on any atom is 0.344 e. The fourth-order valence-corrected chi connectivity index (χ4v) is 2.03. The number of hydrogen-bond donors (Lipinski definition) is 1. The van der Waals surface area contributed by atoms with Gasteiger partial charge in [-0.25, -0.2) is 4.79 Å². The van der Waals surface area contributed by atoms with Crippen molar-refractivity contribution in [2.45, 2.75) is 13.0 Å². The highest BCUT2D eigenvalue weighted by molar-refractivity contribution is 6.05. The van der Waals surface area contributed by atoms with E-state index in [2.05, 4.69) is 0 Å². The monoisotopic (exact) mass is 256 g/mol. The summed E-state index contributed by atoms with van der Waals surface area (Å²) in [4.78, 5) is 10.8. The summed E-state index contributed by atoms with van der Waals surface area (Å²) in [5.74, 6) is -0.467. The molecule has 0 spiro atoms. The number of fused-ring (bicyclic) bond motifs is 3. The smallest absolute Gasteiger partial charge is 0.344 e. The van der Waals surface area contributed by atoms with Gasteiger partial charge in [-0.15, -0.1) is 0 Å². The molecule has 0 aliphatic heterocycles. The topological polar surface area (TPSA) is 59.7 Å². The second kappa shape index (κ2) is 4.31. The molecule has 0 radical (unpaired) electrons. The largest absolute Gasteiger partial charge is 0.479 e. The van der Waals surface area contributed by atoms with Crippen LogP contribution in [0.1, 0.15) is 6.92 Å². The Morgan fingerprint density at radius 3 is 2.68 bits per heavy atom. The van der Waals surface area contributed by atoms with Crippen molar-refractivity contribution < 1.29 is 19.1 Å². The number of carboxylic acids is 1. The van der Waals surface area contributed by atoms with Crippen LogP contribution in [0.5, 0.6) is 5.75 Å². The van der Waals surface area contributed by atoms with Crippen LogP contribution in [-0.4, -0.2) is 17.2 Å². The first-order valence-corrected chi connectivity index (χ1v) is 5.96. The van der Waals surface area contributed by atoms with E-state index < -0.39 is 12.1 Å². The molecule has 0 unspecified atom stereocenters. The van der Waals surface area contributed by atoms with Crippen LogP contribution < -0.4 is 4.74 Å². The molecular weight excluding hydrogens is 244 g/mol. The number of benzene rings is 2. The summed E-state index contributed by atoms with van der Waals surface area (Å²) < 4.78 is 11.0. The van der Waals surface area contributed by atoms with Crippen LogP contribution in [0.2, 0.25) is 0 Å². The molecule has 1 N–H and O–H groups in total. The molecule has 0 fully saturated rings. The van der Waals surface area contributed by atoms with Gasteiger partial charge in [0.05, 0.1) is 0 Å². The van der Waals surface area contributed by atoms with Crippen LogP contribution in [0.4, 0.5) is 0 Å². The third-order valence-electron chi connectivity index (χ3n) is 3.01. The molecule has 3 aromatic rings. The van der Waals surface area contributed by atoms with E-state index in [4.69, 9.17) is 14.3 Å². The maximum atomic E-state index is 10.8. The van der Waals surface area contributed by atoms with Gasteiger partial charge < -0.3 is 14.3 Å². The van der Waals surface area contributed by atoms with E-state index in [1.165, 1.54) is 6.92 Å². The molecule has 0 saturated carbocycles. The lowest BCUT2D eigenvalue weighted by Gasteiger charge is -2.09. The zero-order chi connectivity index (χ0) is 13.4. The Morgan fingerprint density at radius 2 is 1.89 bits per heavy atom. The Hall–Kier alpha value is -2.49. The second-order valence-electron chi connectivity index (χ2n) is 4.35. The van der Waals surface area contributed by atoms with Crippen molar-refractivity contribution in [1.29, 1.82) is 0 Å². The quantitative estimate of drug-likeness (QED) is 0.779. The average Bonchev–Trinajstić information content (AvgIpc) is 2.76. The summed E-state index contributed by atoms with van der Waals surface area (Å²) in [5, 5.41) is 10.8. The van der Waals surface area contributed by atoms with Crippen molar-refractivity contribution in [3.8, 4) is 5.75 Å². The maximum absolute atomic E-state index is 10.8. The van der Waals surface area contributed by atoms with Gasteiger partial charge in [-0.3, -0.25) is 0 Å². The lowest BCUT2D eigenvalue weighted by atomic mass is 10.1. The normalized spacial score (nSPS) is 12.7. The number of furan rings is 1. The zero-order valence-corrected chi connectivity index (χ0v) is 10.3. The highest BCUT2D eigenvalue weighted by Crippen LogP contribution is 2.31. The number of para-hydroxylation sites is 1. The van der Waals surface area contributed by atoms with Gasteiger partial charge in [0.2, 0.25) is 0 Å². The number of ether oxygens (including phenoxy) is 1. The minimum Gasteiger partial charge on any atom is -0.479 e. The van der Waals surface area contributed by atoms with Crippen molar-refractivity contribution >= 4 is 27.9 Å². The summed E-state index contributed by atoms with van der Waals surface area (Å²) in [6.45, 7) is 1.50. The standard InChI is InChI=1S/C15H12O4/c1-9(15(16)17)18-10-6-7-14-12(8-10)11-4-2-3-5-13(11)19-14/h2-9H,1H3,(H,16,17)/t9-/m0/s1. The molecule has 1 heterocycles. The number of carbonyl (C=O) groups is 1. The Labute approximate surface area is 109 Å². The zero-order valence-electron chi connectivity index (χ0n) is 10.3. The molecule has 1 aromatic heterocycles. The fraction of sp³-hybridized carbons (Fsp3) is 0.133. The Balaban J connectivity index is 2.09. The van der Waals surface area contributed by atoms with E-state index in [1.54, 1.807) is 18.2 Å². The average molecular weight is 256 g/mol. The van der Waals surface area contributed by atoms with E-state index in [-0.39, 0.29) is 0 Å². The Kier molecular flexibility index (Phi) is 2.63. The van der Waals surface area contributed by atoms with Gasteiger partial charge >= 0.3 is 5.97 Å². The third-order valence-corrected chi connectivity index (χ3v) is 3.01. The van der Waals surface area contributed by atoms with E-state index in [0.29, 0.717) is 5.75 Å². The molecule has 0 bridgehead atoms. The Bertz CT molecular complexity index is 757. The third kappa shape index (κ3) is 2.01. The number of rotatable bonds is 3. The van der Waals surface area contributed by atoms with Crippen molar-refractivity contribution in [2.75, 3.05) is 0 Å². The molecule has 0 amide bonds. The van der Waals surface area contributed by atoms with Crippen molar-refractivity contribution in [1.82, 2.24) is 0 Å². The van der Waals surface area contributed by atoms with Gasteiger partial charge in [-0.2, -0.15) is 0 Å². The van der Waals surface area contributed by atoms with Gasteiger partial charge in [0, 0.05) is 10.8 Å². The molecule has 4 nitrogen and oxygen atoms in total. The van der Waals surface area contributed by atoms with Crippen LogP contribution in [0.25, 0.3) is 21.9 Å². The summed E-state index contributed by atoms with van der Waals surface area (Å²) >= 11 is 0. The summed E-state index contributed by atoms with van der Waals surface area (Å²) in [7, 11) is 0. The summed E-state index contributed by atoms with van der Waals surface area (Å²) in [6, 6.07) is 13.0. The molecule has 96 valence electrons. The molecular formula is C15H12O4. The number of hydrogen-bond acceptors (Lipinski definition) is 3. The molecule has 0 aliphatic carbocycles. The van der Waals surface area contributed by atoms with Gasteiger partial charge in [-0.1, -0.05) is 18.2 Å². The highest BCUT2D eigenvalue weighted by Gasteiger charge is 2.13. The lowest BCUT2D eigenvalue weighted by molar-refractivity contribution is -0.144. The molecule has 2 aromatic carbocycles. The summed E-state index contributed by atoms with van der Waals surface area (Å²) in [5.41, 5.74) is 1.57. The van der Waals surface area contributed by atoms with E-state index in [0.717, 1.165) is 21.9 Å². The Morgan fingerprint density at radius 1 is 1.16 bits per heavy atom. The van der Waals surface area contributed by atoms with Gasteiger partial charge in [0.1, 0.15) is 16.9 Å².